The summed E-state index contributed by atoms with van der Waals surface area (Å²) < 4.78 is 5.39. The van der Waals surface area contributed by atoms with Crippen molar-refractivity contribution in [1.82, 2.24) is 4.98 Å². The summed E-state index contributed by atoms with van der Waals surface area (Å²) in [6.07, 6.45) is 2.49. The number of pyridine rings is 1. The van der Waals surface area contributed by atoms with Gasteiger partial charge in [-0.25, -0.2) is 4.98 Å². The van der Waals surface area contributed by atoms with Gasteiger partial charge in [-0.1, -0.05) is 0 Å². The number of carbonyl (C=O) groups excluding carboxylic acids is 1. The maximum atomic E-state index is 11.7. The van der Waals surface area contributed by atoms with Gasteiger partial charge >= 0.3 is 0 Å². The normalized spacial score (nSPS) is 10.3. The largest absolute Gasteiger partial charge is 0.466 e. The number of nitrogen functional groups attached to an aromatic ring is 1. The smallest absolute Gasteiger partial charge is 0.224 e. The van der Waals surface area contributed by atoms with Gasteiger partial charge in [0, 0.05) is 12.8 Å². The van der Waals surface area contributed by atoms with Crippen LogP contribution in [0.3, 0.4) is 0 Å². The number of nitrogens with one attached hydrogen (secondary N) is 1. The van der Waals surface area contributed by atoms with Gasteiger partial charge in [0.05, 0.1) is 11.9 Å². The van der Waals surface area contributed by atoms with Gasteiger partial charge in [0.25, 0.3) is 0 Å². The fourth-order valence-corrected chi connectivity index (χ4v) is 1.56. The molecule has 18 heavy (non-hydrogen) atoms. The van der Waals surface area contributed by atoms with E-state index in [0.717, 1.165) is 11.5 Å². The highest BCUT2D eigenvalue weighted by molar-refractivity contribution is 5.90. The van der Waals surface area contributed by atoms with Crippen molar-refractivity contribution < 1.29 is 9.21 Å². The molecule has 2 aromatic rings. The fourth-order valence-electron chi connectivity index (χ4n) is 1.56. The maximum absolute atomic E-state index is 11.7. The Morgan fingerprint density at radius 3 is 2.83 bits per heavy atom. The van der Waals surface area contributed by atoms with E-state index >= 15 is 0 Å². The Kier molecular flexibility index (Phi) is 3.62. The van der Waals surface area contributed by atoms with Crippen molar-refractivity contribution in [3.63, 3.8) is 0 Å². The molecule has 0 saturated heterocycles. The van der Waals surface area contributed by atoms with Crippen molar-refractivity contribution in [2.75, 3.05) is 11.1 Å². The molecule has 5 nitrogen and oxygen atoms in total. The Balaban J connectivity index is 1.83. The van der Waals surface area contributed by atoms with Gasteiger partial charge in [-0.05, 0) is 31.2 Å². The lowest BCUT2D eigenvalue weighted by Crippen LogP contribution is -2.12. The zero-order valence-electron chi connectivity index (χ0n) is 10.1. The van der Waals surface area contributed by atoms with E-state index in [1.54, 1.807) is 12.1 Å². The molecule has 3 N–H and O–H groups in total. The summed E-state index contributed by atoms with van der Waals surface area (Å²) in [4.78, 5) is 15.6. The molecule has 0 aliphatic carbocycles. The zero-order chi connectivity index (χ0) is 13.0. The molecule has 0 aliphatic heterocycles. The van der Waals surface area contributed by atoms with Gasteiger partial charge in [0.2, 0.25) is 5.91 Å². The van der Waals surface area contributed by atoms with E-state index in [-0.39, 0.29) is 5.91 Å². The van der Waals surface area contributed by atoms with Gasteiger partial charge in [-0.3, -0.25) is 4.79 Å². The van der Waals surface area contributed by atoms with Crippen LogP contribution >= 0.6 is 0 Å². The molecule has 0 bridgehead atoms. The zero-order valence-corrected chi connectivity index (χ0v) is 10.1. The van der Waals surface area contributed by atoms with E-state index in [2.05, 4.69) is 10.3 Å². The first-order valence-corrected chi connectivity index (χ1v) is 5.70. The molecule has 1 amide bonds. The topological polar surface area (TPSA) is 81.2 Å². The monoisotopic (exact) mass is 245 g/mol. The van der Waals surface area contributed by atoms with Gasteiger partial charge in [-0.15, -0.1) is 0 Å². The molecular weight excluding hydrogens is 230 g/mol. The Hall–Kier alpha value is -2.30. The molecule has 0 aromatic carbocycles. The Morgan fingerprint density at radius 2 is 2.22 bits per heavy atom. The summed E-state index contributed by atoms with van der Waals surface area (Å²) in [7, 11) is 0. The highest BCUT2D eigenvalue weighted by Gasteiger charge is 2.05. The van der Waals surface area contributed by atoms with Crippen molar-refractivity contribution in [1.29, 1.82) is 0 Å². The molecule has 0 atom stereocenters. The van der Waals surface area contributed by atoms with Crippen molar-refractivity contribution in [3.8, 4) is 0 Å². The lowest BCUT2D eigenvalue weighted by atomic mass is 10.2. The molecule has 0 spiro atoms. The van der Waals surface area contributed by atoms with Crippen molar-refractivity contribution in [2.24, 2.45) is 0 Å². The molecule has 94 valence electrons. The second-order valence-electron chi connectivity index (χ2n) is 4.03. The third-order valence-corrected chi connectivity index (χ3v) is 2.46. The van der Waals surface area contributed by atoms with Crippen LogP contribution in [0.5, 0.6) is 0 Å². The van der Waals surface area contributed by atoms with Crippen molar-refractivity contribution >= 4 is 17.4 Å². The second kappa shape index (κ2) is 5.35. The van der Waals surface area contributed by atoms with Crippen LogP contribution in [0.2, 0.25) is 0 Å². The first kappa shape index (κ1) is 12.2. The molecule has 2 aromatic heterocycles. The van der Waals surface area contributed by atoms with E-state index in [4.69, 9.17) is 10.2 Å². The van der Waals surface area contributed by atoms with Gasteiger partial charge < -0.3 is 15.5 Å². The maximum Gasteiger partial charge on any atom is 0.224 e. The van der Waals surface area contributed by atoms with Gasteiger partial charge in [0.1, 0.15) is 17.3 Å². The molecule has 0 saturated carbocycles. The van der Waals surface area contributed by atoms with Gasteiger partial charge in [0.15, 0.2) is 0 Å². The fraction of sp³-hybridized carbons (Fsp3) is 0.231. The average molecular weight is 245 g/mol. The SMILES string of the molecule is Cc1ccc(CCC(=O)Nc2ccc(N)nc2)o1. The predicted octanol–water partition coefficient (Wildman–Crippen LogP) is 2.14. The number of nitrogens with two attached hydrogens (primary N) is 1. The van der Waals surface area contributed by atoms with Gasteiger partial charge in [-0.2, -0.15) is 0 Å². The van der Waals surface area contributed by atoms with Crippen LogP contribution in [0.4, 0.5) is 11.5 Å². The van der Waals surface area contributed by atoms with E-state index in [0.29, 0.717) is 24.3 Å². The molecule has 0 aliphatic rings. The Bertz CT molecular complexity index is 531. The summed E-state index contributed by atoms with van der Waals surface area (Å²) in [6, 6.07) is 7.13. The van der Waals surface area contributed by atoms with Crippen LogP contribution in [-0.2, 0) is 11.2 Å². The lowest BCUT2D eigenvalue weighted by Gasteiger charge is -2.04. The summed E-state index contributed by atoms with van der Waals surface area (Å²) in [6.45, 7) is 1.88. The molecule has 5 heteroatoms. The summed E-state index contributed by atoms with van der Waals surface area (Å²) in [5.74, 6) is 2.03. The number of hydrogen-bond donors (Lipinski definition) is 2. The lowest BCUT2D eigenvalue weighted by molar-refractivity contribution is -0.116. The first-order chi connectivity index (χ1) is 8.63. The molecule has 2 rings (SSSR count). The van der Waals surface area contributed by atoms with Crippen LogP contribution in [0, 0.1) is 6.92 Å². The minimum atomic E-state index is -0.0735. The third-order valence-electron chi connectivity index (χ3n) is 2.46. The summed E-state index contributed by atoms with van der Waals surface area (Å²) in [5.41, 5.74) is 6.10. The van der Waals surface area contributed by atoms with E-state index < -0.39 is 0 Å². The molecule has 2 heterocycles. The standard InChI is InChI=1S/C13H15N3O2/c1-9-2-4-11(18-9)5-7-13(17)16-10-3-6-12(14)15-8-10/h2-4,6,8H,5,7H2,1H3,(H2,14,15)(H,16,17). The van der Waals surface area contributed by atoms with Crippen LogP contribution in [0.15, 0.2) is 34.9 Å². The minimum absolute atomic E-state index is 0.0735. The predicted molar refractivity (Wildman–Crippen MR) is 69.0 cm³/mol. The quantitative estimate of drug-likeness (QED) is 0.864. The number of carbonyl (C=O) groups is 1. The van der Waals surface area contributed by atoms with E-state index in [9.17, 15) is 4.79 Å². The molecule has 0 fully saturated rings. The average Bonchev–Trinajstić information content (AvgIpc) is 2.76. The summed E-state index contributed by atoms with van der Waals surface area (Å²) >= 11 is 0. The number of aryl methyl sites for hydroxylation is 2. The highest BCUT2D eigenvalue weighted by Crippen LogP contribution is 2.11. The van der Waals surface area contributed by atoms with E-state index in [1.807, 2.05) is 19.1 Å². The number of furan rings is 1. The van der Waals surface area contributed by atoms with E-state index in [1.165, 1.54) is 6.20 Å². The minimum Gasteiger partial charge on any atom is -0.466 e. The van der Waals surface area contributed by atoms with Crippen LogP contribution in [-0.4, -0.2) is 10.9 Å². The second-order valence-corrected chi connectivity index (χ2v) is 4.03. The molecule has 0 radical (unpaired) electrons. The molecule has 0 unspecified atom stereocenters. The highest BCUT2D eigenvalue weighted by atomic mass is 16.3. The number of rotatable bonds is 4. The van der Waals surface area contributed by atoms with Crippen LogP contribution in [0.25, 0.3) is 0 Å². The number of aromatic nitrogens is 1. The van der Waals surface area contributed by atoms with Crippen LogP contribution < -0.4 is 11.1 Å². The molecular formula is C13H15N3O2. The third kappa shape index (κ3) is 3.35. The Labute approximate surface area is 105 Å². The summed E-state index contributed by atoms with van der Waals surface area (Å²) in [5, 5.41) is 2.75. The number of amides is 1. The number of hydrogen-bond acceptors (Lipinski definition) is 4. The Morgan fingerprint density at radius 1 is 1.39 bits per heavy atom. The first-order valence-electron chi connectivity index (χ1n) is 5.70. The van der Waals surface area contributed by atoms with Crippen molar-refractivity contribution in [3.05, 3.63) is 42.0 Å². The number of nitrogens with zero attached hydrogens (tertiary/aromatic N) is 1. The van der Waals surface area contributed by atoms with Crippen LogP contribution in [0.1, 0.15) is 17.9 Å². The van der Waals surface area contributed by atoms with Crippen molar-refractivity contribution in [2.45, 2.75) is 19.8 Å². The number of anilines is 2.